The van der Waals surface area contributed by atoms with Crippen molar-refractivity contribution in [3.05, 3.63) is 35.4 Å². The van der Waals surface area contributed by atoms with Crippen molar-refractivity contribution in [1.82, 2.24) is 20.1 Å². The zero-order valence-electron chi connectivity index (χ0n) is 14.2. The Morgan fingerprint density at radius 1 is 1.41 bits per heavy atom. The number of carbonyl (C=O) groups is 1. The number of ether oxygens (including phenoxy) is 1. The van der Waals surface area contributed by atoms with Crippen molar-refractivity contribution in [2.75, 3.05) is 13.1 Å². The number of hydrogen-bond donors (Lipinski definition) is 3. The highest BCUT2D eigenvalue weighted by molar-refractivity contribution is 6.44. The smallest absolute Gasteiger partial charge is 0.522 e. The third-order valence-corrected chi connectivity index (χ3v) is 4.38. The van der Waals surface area contributed by atoms with E-state index in [1.807, 2.05) is 0 Å². The molecule has 0 amide bonds. The highest BCUT2D eigenvalue weighted by Gasteiger charge is 2.33. The van der Waals surface area contributed by atoms with Crippen LogP contribution in [0, 0.1) is 0 Å². The van der Waals surface area contributed by atoms with E-state index in [1.54, 1.807) is 12.1 Å². The highest BCUT2D eigenvalue weighted by atomic mass is 35.5. The Morgan fingerprint density at radius 3 is 2.85 bits per heavy atom. The summed E-state index contributed by atoms with van der Waals surface area (Å²) < 4.78 is 11.2. The third-order valence-electron chi connectivity index (χ3n) is 4.38. The van der Waals surface area contributed by atoms with E-state index in [4.69, 9.17) is 9.39 Å². The summed E-state index contributed by atoms with van der Waals surface area (Å²) in [5.41, 5.74) is 0.750. The third kappa shape index (κ3) is 4.46. The van der Waals surface area contributed by atoms with Gasteiger partial charge in [-0.1, -0.05) is 6.07 Å². The Balaban J connectivity index is 0.00000131. The number of rotatable bonds is 5. The molecule has 1 fully saturated rings. The van der Waals surface area contributed by atoms with Gasteiger partial charge in [0, 0.05) is 13.1 Å². The predicted octanol–water partition coefficient (Wildman–Crippen LogP) is 1.03. The molecule has 2 aliphatic heterocycles. The van der Waals surface area contributed by atoms with Crippen LogP contribution in [0.2, 0.25) is 6.32 Å². The van der Waals surface area contributed by atoms with E-state index >= 15 is 0 Å². The summed E-state index contributed by atoms with van der Waals surface area (Å²) in [6.07, 6.45) is 2.38. The molecule has 1 saturated heterocycles. The van der Waals surface area contributed by atoms with E-state index in [1.165, 1.54) is 6.33 Å². The van der Waals surface area contributed by atoms with Crippen LogP contribution in [0.5, 0.6) is 11.5 Å². The molecule has 146 valence electrons. The molecule has 1 aromatic heterocycles. The van der Waals surface area contributed by atoms with Crippen LogP contribution in [0.15, 0.2) is 18.5 Å². The number of fused-ring (bicyclic) bond motifs is 1. The number of halogens is 2. The van der Waals surface area contributed by atoms with Crippen LogP contribution in [0.4, 0.5) is 0 Å². The van der Waals surface area contributed by atoms with Crippen molar-refractivity contribution in [2.24, 2.45) is 0 Å². The molecule has 2 aromatic rings. The van der Waals surface area contributed by atoms with Crippen LogP contribution in [0.25, 0.3) is 0 Å². The molecule has 0 unspecified atom stereocenters. The summed E-state index contributed by atoms with van der Waals surface area (Å²) in [4.78, 5) is 17.9. The number of aromatic carboxylic acids is 1. The molecular weight excluding hydrogens is 398 g/mol. The van der Waals surface area contributed by atoms with E-state index in [2.05, 4.69) is 20.1 Å². The molecule has 0 atom stereocenters. The number of aryl methyl sites for hydroxylation is 1. The summed E-state index contributed by atoms with van der Waals surface area (Å²) in [5.74, 6) is 0.130. The maximum absolute atomic E-state index is 11.7. The average Bonchev–Trinajstić information content (AvgIpc) is 3.05. The minimum Gasteiger partial charge on any atom is -0.535 e. The van der Waals surface area contributed by atoms with Crippen LogP contribution in [-0.4, -0.2) is 62.5 Å². The Bertz CT molecular complexity index is 789. The standard InChI is InChI=1S/C15H17BN4O5.2ClH/c21-15(22)13-11(2-1-9-3-4-16(23)25-14(9)13)24-10-5-20(6-10)7-12-17-8-18-19-12;;/h1-2,8,10,23H,3-7H2,(H,21,22)(H,17,18,19);2*1H. The minimum atomic E-state index is -1.13. The van der Waals surface area contributed by atoms with E-state index in [0.29, 0.717) is 32.4 Å². The lowest BCUT2D eigenvalue weighted by molar-refractivity contribution is 0.0120. The van der Waals surface area contributed by atoms with Gasteiger partial charge in [-0.2, -0.15) is 5.10 Å². The molecule has 4 rings (SSSR count). The fraction of sp³-hybridized carbons (Fsp3) is 0.400. The van der Waals surface area contributed by atoms with Crippen LogP contribution < -0.4 is 9.39 Å². The topological polar surface area (TPSA) is 121 Å². The SMILES string of the molecule is Cl.Cl.O=C(O)c1c(OC2CN(Cc3ncn[nH]3)C2)ccc2c1OB(O)CC2. The van der Waals surface area contributed by atoms with Gasteiger partial charge in [0.1, 0.15) is 35.3 Å². The number of likely N-dealkylation sites (tertiary alicyclic amines) is 1. The van der Waals surface area contributed by atoms with Gasteiger partial charge in [0.05, 0.1) is 6.54 Å². The molecule has 3 N–H and O–H groups in total. The first-order valence-electron chi connectivity index (χ1n) is 8.07. The van der Waals surface area contributed by atoms with Crippen LogP contribution >= 0.6 is 24.8 Å². The molecule has 0 radical (unpaired) electrons. The number of aromatic nitrogens is 3. The lowest BCUT2D eigenvalue weighted by atomic mass is 9.78. The van der Waals surface area contributed by atoms with Gasteiger partial charge in [-0.15, -0.1) is 24.8 Å². The van der Waals surface area contributed by atoms with Crippen molar-refractivity contribution in [2.45, 2.75) is 25.4 Å². The molecule has 12 heteroatoms. The number of H-pyrrole nitrogens is 1. The maximum Gasteiger partial charge on any atom is 0.522 e. The molecule has 0 saturated carbocycles. The number of aromatic amines is 1. The summed E-state index contributed by atoms with van der Waals surface area (Å²) in [7, 11) is -0.984. The largest absolute Gasteiger partial charge is 0.535 e. The van der Waals surface area contributed by atoms with E-state index < -0.39 is 13.1 Å². The molecule has 2 aliphatic rings. The first kappa shape index (κ1) is 21.3. The Hall–Kier alpha value is -2.01. The second-order valence-electron chi connectivity index (χ2n) is 6.21. The van der Waals surface area contributed by atoms with Crippen molar-refractivity contribution < 1.29 is 24.3 Å². The van der Waals surface area contributed by atoms with Crippen molar-refractivity contribution in [1.29, 1.82) is 0 Å². The summed E-state index contributed by atoms with van der Waals surface area (Å²) in [5, 5.41) is 25.8. The van der Waals surface area contributed by atoms with Crippen molar-refractivity contribution in [3.8, 4) is 11.5 Å². The van der Waals surface area contributed by atoms with Gasteiger partial charge >= 0.3 is 13.1 Å². The molecular formula is C15H19BCl2N4O5. The lowest BCUT2D eigenvalue weighted by Crippen LogP contribution is -2.53. The summed E-state index contributed by atoms with van der Waals surface area (Å²) in [6, 6.07) is 3.47. The van der Waals surface area contributed by atoms with Gasteiger partial charge < -0.3 is 19.5 Å². The molecule has 9 nitrogen and oxygen atoms in total. The van der Waals surface area contributed by atoms with Crippen LogP contribution in [-0.2, 0) is 13.0 Å². The van der Waals surface area contributed by atoms with Gasteiger partial charge in [-0.25, -0.2) is 9.78 Å². The molecule has 3 heterocycles. The Morgan fingerprint density at radius 2 is 2.19 bits per heavy atom. The lowest BCUT2D eigenvalue weighted by Gasteiger charge is -2.38. The molecule has 27 heavy (non-hydrogen) atoms. The summed E-state index contributed by atoms with van der Waals surface area (Å²) >= 11 is 0. The number of nitrogens with one attached hydrogen (secondary N) is 1. The second-order valence-corrected chi connectivity index (χ2v) is 6.21. The monoisotopic (exact) mass is 416 g/mol. The number of benzene rings is 1. The highest BCUT2D eigenvalue weighted by Crippen LogP contribution is 2.37. The minimum absolute atomic E-state index is 0. The Labute approximate surface area is 168 Å². The van der Waals surface area contributed by atoms with E-state index in [9.17, 15) is 14.9 Å². The molecule has 1 aromatic carbocycles. The van der Waals surface area contributed by atoms with Crippen molar-refractivity contribution >= 4 is 37.9 Å². The van der Waals surface area contributed by atoms with Gasteiger partial charge in [0.15, 0.2) is 0 Å². The first-order valence-corrected chi connectivity index (χ1v) is 8.07. The van der Waals surface area contributed by atoms with Crippen LogP contribution in [0.3, 0.4) is 0 Å². The van der Waals surface area contributed by atoms with Gasteiger partial charge in [-0.3, -0.25) is 10.00 Å². The van der Waals surface area contributed by atoms with E-state index in [0.717, 1.165) is 11.4 Å². The number of carboxylic acids is 1. The molecule has 0 spiro atoms. The Kier molecular flexibility index (Phi) is 6.93. The molecule has 0 aliphatic carbocycles. The fourth-order valence-corrected chi connectivity index (χ4v) is 3.14. The maximum atomic E-state index is 11.7. The fourth-order valence-electron chi connectivity index (χ4n) is 3.14. The number of carboxylic acid groups (broad SMARTS) is 1. The van der Waals surface area contributed by atoms with E-state index in [-0.39, 0.29) is 48.0 Å². The zero-order valence-corrected chi connectivity index (χ0v) is 15.8. The van der Waals surface area contributed by atoms with Gasteiger partial charge in [0.25, 0.3) is 0 Å². The predicted molar refractivity (Wildman–Crippen MR) is 101 cm³/mol. The van der Waals surface area contributed by atoms with Gasteiger partial charge in [0.2, 0.25) is 0 Å². The number of nitrogens with zero attached hydrogens (tertiary/aromatic N) is 3. The number of hydrogen-bond acceptors (Lipinski definition) is 7. The summed E-state index contributed by atoms with van der Waals surface area (Å²) in [6.45, 7) is 1.98. The van der Waals surface area contributed by atoms with Crippen molar-refractivity contribution in [3.63, 3.8) is 0 Å². The van der Waals surface area contributed by atoms with Crippen LogP contribution in [0.1, 0.15) is 21.7 Å². The normalized spacial score (nSPS) is 16.3. The zero-order chi connectivity index (χ0) is 17.4. The van der Waals surface area contributed by atoms with Gasteiger partial charge in [-0.05, 0) is 24.4 Å². The quantitative estimate of drug-likeness (QED) is 0.618. The first-order chi connectivity index (χ1) is 12.1. The average molecular weight is 417 g/mol. The second kappa shape index (κ2) is 8.79. The molecule has 0 bridgehead atoms.